The lowest BCUT2D eigenvalue weighted by Crippen LogP contribution is -2.25. The van der Waals surface area contributed by atoms with E-state index >= 15 is 0 Å². The number of rotatable bonds is 4. The zero-order chi connectivity index (χ0) is 15.6. The Morgan fingerprint density at radius 2 is 2.10 bits per heavy atom. The summed E-state index contributed by atoms with van der Waals surface area (Å²) in [5.74, 6) is -1.31. The summed E-state index contributed by atoms with van der Waals surface area (Å²) in [6, 6.07) is 6.18. The van der Waals surface area contributed by atoms with Gasteiger partial charge in [0.05, 0.1) is 22.1 Å². The van der Waals surface area contributed by atoms with E-state index < -0.39 is 16.5 Å². The van der Waals surface area contributed by atoms with Crippen molar-refractivity contribution in [2.24, 2.45) is 0 Å². The first-order valence-electron chi connectivity index (χ1n) is 5.63. The third kappa shape index (κ3) is 3.06. The predicted octanol–water partition coefficient (Wildman–Crippen LogP) is 1.55. The van der Waals surface area contributed by atoms with Crippen LogP contribution in [-0.2, 0) is 6.54 Å². The van der Waals surface area contributed by atoms with Crippen LogP contribution in [0.15, 0.2) is 35.1 Å². The minimum Gasteiger partial charge on any atom is -0.476 e. The average Bonchev–Trinajstić information content (AvgIpc) is 2.42. The standard InChI is InChI=1S/C12H8ClN3O5/c13-8-2-1-3-10(16(20)21)7(8)6-15-11(17)5-4-9(14-15)12(18)19/h1-5H,6H2,(H,18,19). The molecule has 0 aliphatic heterocycles. The molecule has 0 radical (unpaired) electrons. The third-order valence-corrected chi connectivity index (χ3v) is 3.04. The van der Waals surface area contributed by atoms with Gasteiger partial charge in [0.25, 0.3) is 11.2 Å². The van der Waals surface area contributed by atoms with Crippen molar-refractivity contribution in [3.05, 3.63) is 67.1 Å². The van der Waals surface area contributed by atoms with E-state index in [-0.39, 0.29) is 28.5 Å². The van der Waals surface area contributed by atoms with E-state index in [1.54, 1.807) is 0 Å². The normalized spacial score (nSPS) is 10.3. The van der Waals surface area contributed by atoms with Crippen LogP contribution in [0.2, 0.25) is 5.02 Å². The molecular weight excluding hydrogens is 302 g/mol. The van der Waals surface area contributed by atoms with Gasteiger partial charge in [-0.3, -0.25) is 14.9 Å². The highest BCUT2D eigenvalue weighted by atomic mass is 35.5. The summed E-state index contributed by atoms with van der Waals surface area (Å²) >= 11 is 5.91. The summed E-state index contributed by atoms with van der Waals surface area (Å²) in [5.41, 5.74) is -1.11. The molecule has 8 nitrogen and oxygen atoms in total. The molecule has 0 saturated heterocycles. The van der Waals surface area contributed by atoms with Crippen LogP contribution in [0.5, 0.6) is 0 Å². The van der Waals surface area contributed by atoms with Crippen molar-refractivity contribution < 1.29 is 14.8 Å². The van der Waals surface area contributed by atoms with Crippen molar-refractivity contribution in [2.45, 2.75) is 6.54 Å². The lowest BCUT2D eigenvalue weighted by molar-refractivity contribution is -0.385. The van der Waals surface area contributed by atoms with Crippen molar-refractivity contribution in [3.8, 4) is 0 Å². The van der Waals surface area contributed by atoms with Gasteiger partial charge >= 0.3 is 5.97 Å². The molecule has 0 fully saturated rings. The second-order valence-corrected chi connectivity index (χ2v) is 4.42. The van der Waals surface area contributed by atoms with E-state index in [0.29, 0.717) is 0 Å². The summed E-state index contributed by atoms with van der Waals surface area (Å²) in [7, 11) is 0. The molecule has 0 atom stereocenters. The fraction of sp³-hybridized carbons (Fsp3) is 0.0833. The first kappa shape index (κ1) is 14.7. The fourth-order valence-electron chi connectivity index (χ4n) is 1.70. The number of nitro groups is 1. The van der Waals surface area contributed by atoms with Gasteiger partial charge in [-0.15, -0.1) is 0 Å². The van der Waals surface area contributed by atoms with Crippen LogP contribution in [0, 0.1) is 10.1 Å². The number of carboxylic acids is 1. The summed E-state index contributed by atoms with van der Waals surface area (Å²) in [6.07, 6.45) is 0. The van der Waals surface area contributed by atoms with Gasteiger partial charge in [-0.1, -0.05) is 17.7 Å². The van der Waals surface area contributed by atoms with E-state index in [2.05, 4.69) is 5.10 Å². The summed E-state index contributed by atoms with van der Waals surface area (Å²) in [5, 5.41) is 23.5. The zero-order valence-corrected chi connectivity index (χ0v) is 11.1. The number of hydrogen-bond donors (Lipinski definition) is 1. The molecule has 0 aliphatic carbocycles. The Hall–Kier alpha value is -2.74. The average molecular weight is 310 g/mol. The second-order valence-electron chi connectivity index (χ2n) is 4.01. The minimum atomic E-state index is -1.31. The topological polar surface area (TPSA) is 115 Å². The molecule has 1 heterocycles. The van der Waals surface area contributed by atoms with Gasteiger partial charge < -0.3 is 5.11 Å². The first-order valence-corrected chi connectivity index (χ1v) is 6.01. The molecule has 1 aromatic heterocycles. The highest BCUT2D eigenvalue weighted by molar-refractivity contribution is 6.31. The Kier molecular flexibility index (Phi) is 3.99. The highest BCUT2D eigenvalue weighted by Crippen LogP contribution is 2.26. The van der Waals surface area contributed by atoms with Crippen molar-refractivity contribution >= 4 is 23.3 Å². The molecule has 21 heavy (non-hydrogen) atoms. The Labute approximate surface area is 122 Å². The van der Waals surface area contributed by atoms with Crippen molar-refractivity contribution in [1.82, 2.24) is 9.78 Å². The van der Waals surface area contributed by atoms with Crippen molar-refractivity contribution in [1.29, 1.82) is 0 Å². The van der Waals surface area contributed by atoms with Crippen molar-refractivity contribution in [3.63, 3.8) is 0 Å². The molecule has 0 unspecified atom stereocenters. The van der Waals surface area contributed by atoms with Crippen LogP contribution in [0.25, 0.3) is 0 Å². The number of carboxylic acid groups (broad SMARTS) is 1. The van der Waals surface area contributed by atoms with E-state index in [4.69, 9.17) is 16.7 Å². The van der Waals surface area contributed by atoms with E-state index in [0.717, 1.165) is 16.8 Å². The SMILES string of the molecule is O=C(O)c1ccc(=O)n(Cc2c(Cl)cccc2[N+](=O)[O-])n1. The lowest BCUT2D eigenvalue weighted by atomic mass is 10.2. The van der Waals surface area contributed by atoms with Gasteiger partial charge in [0.1, 0.15) is 0 Å². The van der Waals surface area contributed by atoms with Crippen LogP contribution in [0.3, 0.4) is 0 Å². The Morgan fingerprint density at radius 1 is 1.38 bits per heavy atom. The predicted molar refractivity (Wildman–Crippen MR) is 72.7 cm³/mol. The fourth-order valence-corrected chi connectivity index (χ4v) is 1.93. The number of nitrogens with zero attached hydrogens (tertiary/aromatic N) is 3. The summed E-state index contributed by atoms with van der Waals surface area (Å²) in [4.78, 5) is 32.9. The van der Waals surface area contributed by atoms with Gasteiger partial charge in [-0.2, -0.15) is 5.10 Å². The lowest BCUT2D eigenvalue weighted by Gasteiger charge is -2.07. The van der Waals surface area contributed by atoms with Crippen LogP contribution in [0.4, 0.5) is 5.69 Å². The number of hydrogen-bond acceptors (Lipinski definition) is 5. The number of halogens is 1. The zero-order valence-electron chi connectivity index (χ0n) is 10.4. The van der Waals surface area contributed by atoms with Gasteiger partial charge in [-0.25, -0.2) is 9.48 Å². The molecule has 1 N–H and O–H groups in total. The summed E-state index contributed by atoms with van der Waals surface area (Å²) in [6.45, 7) is -0.296. The smallest absolute Gasteiger partial charge is 0.356 e. The summed E-state index contributed by atoms with van der Waals surface area (Å²) < 4.78 is 0.817. The quantitative estimate of drug-likeness (QED) is 0.676. The molecule has 1 aromatic carbocycles. The van der Waals surface area contributed by atoms with Gasteiger partial charge in [0.2, 0.25) is 0 Å². The molecule has 9 heteroatoms. The molecule has 0 amide bonds. The van der Waals surface area contributed by atoms with E-state index in [9.17, 15) is 19.7 Å². The van der Waals surface area contributed by atoms with Crippen molar-refractivity contribution in [2.75, 3.05) is 0 Å². The van der Waals surface area contributed by atoms with Gasteiger partial charge in [0.15, 0.2) is 5.69 Å². The minimum absolute atomic E-state index is 0.0845. The molecule has 0 aliphatic rings. The number of aromatic nitrogens is 2. The van der Waals surface area contributed by atoms with Crippen LogP contribution in [-0.4, -0.2) is 25.8 Å². The number of nitro benzene ring substituents is 1. The molecule has 0 bridgehead atoms. The first-order chi connectivity index (χ1) is 9.90. The molecule has 108 valence electrons. The van der Waals surface area contributed by atoms with Gasteiger partial charge in [0, 0.05) is 12.1 Å². The molecule has 0 spiro atoms. The maximum atomic E-state index is 11.7. The van der Waals surface area contributed by atoms with Crippen LogP contribution < -0.4 is 5.56 Å². The van der Waals surface area contributed by atoms with E-state index in [1.807, 2.05) is 0 Å². The van der Waals surface area contributed by atoms with Gasteiger partial charge in [-0.05, 0) is 12.1 Å². The monoisotopic (exact) mass is 309 g/mol. The Bertz CT molecular complexity index is 787. The second kappa shape index (κ2) is 5.71. The number of carbonyl (C=O) groups is 1. The van der Waals surface area contributed by atoms with E-state index in [1.165, 1.54) is 18.2 Å². The molecule has 0 saturated carbocycles. The maximum absolute atomic E-state index is 11.7. The maximum Gasteiger partial charge on any atom is 0.356 e. The highest BCUT2D eigenvalue weighted by Gasteiger charge is 2.18. The third-order valence-electron chi connectivity index (χ3n) is 2.68. The number of benzene rings is 1. The molecule has 2 aromatic rings. The Morgan fingerprint density at radius 3 is 2.71 bits per heavy atom. The molecule has 2 rings (SSSR count). The number of aromatic carboxylic acids is 1. The largest absolute Gasteiger partial charge is 0.476 e. The Balaban J connectivity index is 2.53. The van der Waals surface area contributed by atoms with Crippen LogP contribution in [0.1, 0.15) is 16.1 Å². The molecular formula is C12H8ClN3O5. The van der Waals surface area contributed by atoms with Crippen LogP contribution >= 0.6 is 11.6 Å².